The third kappa shape index (κ3) is 5.11. The topological polar surface area (TPSA) is 36.0 Å². The zero-order valence-electron chi connectivity index (χ0n) is 15.5. The predicted octanol–water partition coefficient (Wildman–Crippen LogP) is 2.61. The van der Waals surface area contributed by atoms with E-state index in [-0.39, 0.29) is 0 Å². The quantitative estimate of drug-likeness (QED) is 0.840. The monoisotopic (exact) mass is 345 g/mol. The van der Waals surface area contributed by atoms with E-state index in [4.69, 9.17) is 4.74 Å². The zero-order chi connectivity index (χ0) is 17.5. The molecule has 5 nitrogen and oxygen atoms in total. The summed E-state index contributed by atoms with van der Waals surface area (Å²) in [6.45, 7) is 6.27. The number of carbonyl (C=O) groups excluding carboxylic acids is 1. The maximum atomic E-state index is 12.6. The van der Waals surface area contributed by atoms with Gasteiger partial charge in [-0.05, 0) is 25.0 Å². The van der Waals surface area contributed by atoms with Crippen molar-refractivity contribution in [1.82, 2.24) is 9.80 Å². The smallest absolute Gasteiger partial charge is 0.236 e. The van der Waals surface area contributed by atoms with Crippen molar-refractivity contribution in [3.8, 4) is 5.75 Å². The maximum absolute atomic E-state index is 12.6. The van der Waals surface area contributed by atoms with Crippen molar-refractivity contribution in [2.45, 2.75) is 32.1 Å². The minimum absolute atomic E-state index is 0.316. The van der Waals surface area contributed by atoms with E-state index in [1.54, 1.807) is 7.11 Å². The van der Waals surface area contributed by atoms with Crippen molar-refractivity contribution in [3.63, 3.8) is 0 Å². The van der Waals surface area contributed by atoms with E-state index in [9.17, 15) is 4.79 Å². The third-order valence-electron chi connectivity index (χ3n) is 5.36. The fourth-order valence-electron chi connectivity index (χ4n) is 3.76. The van der Waals surface area contributed by atoms with Crippen LogP contribution in [-0.4, -0.2) is 68.6 Å². The Morgan fingerprint density at radius 2 is 1.64 bits per heavy atom. The van der Waals surface area contributed by atoms with Crippen LogP contribution in [0.25, 0.3) is 0 Å². The molecule has 25 heavy (non-hydrogen) atoms. The molecule has 5 heteroatoms. The van der Waals surface area contributed by atoms with Gasteiger partial charge in [-0.2, -0.15) is 0 Å². The third-order valence-corrected chi connectivity index (χ3v) is 5.36. The summed E-state index contributed by atoms with van der Waals surface area (Å²) >= 11 is 0. The lowest BCUT2D eigenvalue weighted by Crippen LogP contribution is -2.50. The van der Waals surface area contributed by atoms with E-state index in [1.165, 1.54) is 24.9 Å². The molecule has 2 heterocycles. The first-order valence-electron chi connectivity index (χ1n) is 9.65. The highest BCUT2D eigenvalue weighted by Gasteiger charge is 2.22. The average Bonchev–Trinajstić information content (AvgIpc) is 2.62. The van der Waals surface area contributed by atoms with Crippen LogP contribution in [0.15, 0.2) is 24.3 Å². The molecular weight excluding hydrogens is 314 g/mol. The molecule has 138 valence electrons. The summed E-state index contributed by atoms with van der Waals surface area (Å²) in [5, 5.41) is 0. The number of nitrogens with zero attached hydrogens (tertiary/aromatic N) is 3. The highest BCUT2D eigenvalue weighted by molar-refractivity contribution is 5.78. The molecule has 0 aliphatic carbocycles. The molecule has 0 N–H and O–H groups in total. The molecule has 0 aromatic heterocycles. The number of amides is 1. The number of rotatable bonds is 4. The number of piperazine rings is 1. The standard InChI is InChI=1S/C20H31N3O2/c1-25-19-9-7-8-18(16-19)22-14-12-21(13-15-22)17-20(24)23-10-5-3-2-4-6-11-23/h7-9,16H,2-6,10-15,17H2,1H3. The van der Waals surface area contributed by atoms with Gasteiger partial charge in [0.05, 0.1) is 13.7 Å². The predicted molar refractivity (Wildman–Crippen MR) is 101 cm³/mol. The molecule has 0 saturated carbocycles. The number of hydrogen-bond donors (Lipinski definition) is 0. The van der Waals surface area contributed by atoms with Gasteiger partial charge in [0, 0.05) is 51.0 Å². The van der Waals surface area contributed by atoms with E-state index >= 15 is 0 Å². The largest absolute Gasteiger partial charge is 0.497 e. The average molecular weight is 345 g/mol. The highest BCUT2D eigenvalue weighted by Crippen LogP contribution is 2.22. The van der Waals surface area contributed by atoms with Gasteiger partial charge in [-0.1, -0.05) is 25.3 Å². The Hall–Kier alpha value is -1.75. The van der Waals surface area contributed by atoms with E-state index < -0.39 is 0 Å². The fourth-order valence-corrected chi connectivity index (χ4v) is 3.76. The number of methoxy groups -OCH3 is 1. The van der Waals surface area contributed by atoms with Crippen LogP contribution in [-0.2, 0) is 4.79 Å². The first-order valence-corrected chi connectivity index (χ1v) is 9.65. The molecule has 2 fully saturated rings. The molecule has 1 aromatic rings. The van der Waals surface area contributed by atoms with Crippen LogP contribution in [0.3, 0.4) is 0 Å². The van der Waals surface area contributed by atoms with E-state index in [0.717, 1.165) is 57.9 Å². The molecule has 1 amide bonds. The van der Waals surface area contributed by atoms with Crippen LogP contribution in [0.2, 0.25) is 0 Å². The number of benzene rings is 1. The summed E-state index contributed by atoms with van der Waals surface area (Å²) in [7, 11) is 1.70. The summed E-state index contributed by atoms with van der Waals surface area (Å²) in [5.41, 5.74) is 1.20. The molecule has 2 aliphatic rings. The van der Waals surface area contributed by atoms with Gasteiger partial charge in [-0.3, -0.25) is 9.69 Å². The summed E-state index contributed by atoms with van der Waals surface area (Å²) in [4.78, 5) is 19.4. The SMILES string of the molecule is COc1cccc(N2CCN(CC(=O)N3CCCCCCC3)CC2)c1. The maximum Gasteiger partial charge on any atom is 0.236 e. The molecule has 0 radical (unpaired) electrons. The Bertz CT molecular complexity index is 548. The molecular formula is C20H31N3O2. The number of likely N-dealkylation sites (tertiary alicyclic amines) is 1. The lowest BCUT2D eigenvalue weighted by Gasteiger charge is -2.37. The Kier molecular flexibility index (Phi) is 6.56. The number of carbonyl (C=O) groups is 1. The molecule has 0 unspecified atom stereocenters. The molecule has 1 aromatic carbocycles. The molecule has 2 saturated heterocycles. The van der Waals surface area contributed by atoms with Crippen LogP contribution in [0.1, 0.15) is 32.1 Å². The lowest BCUT2D eigenvalue weighted by molar-refractivity contribution is -0.132. The van der Waals surface area contributed by atoms with Crippen molar-refractivity contribution in [3.05, 3.63) is 24.3 Å². The van der Waals surface area contributed by atoms with Gasteiger partial charge in [-0.15, -0.1) is 0 Å². The highest BCUT2D eigenvalue weighted by atomic mass is 16.5. The zero-order valence-corrected chi connectivity index (χ0v) is 15.5. The summed E-state index contributed by atoms with van der Waals surface area (Å²) < 4.78 is 5.32. The second kappa shape index (κ2) is 9.09. The van der Waals surface area contributed by atoms with Gasteiger partial charge in [0.2, 0.25) is 5.91 Å². The van der Waals surface area contributed by atoms with Gasteiger partial charge < -0.3 is 14.5 Å². The van der Waals surface area contributed by atoms with E-state index in [1.807, 2.05) is 12.1 Å². The second-order valence-electron chi connectivity index (χ2n) is 7.11. The van der Waals surface area contributed by atoms with Crippen LogP contribution >= 0.6 is 0 Å². The minimum atomic E-state index is 0.316. The van der Waals surface area contributed by atoms with Crippen molar-refractivity contribution in [1.29, 1.82) is 0 Å². The summed E-state index contributed by atoms with van der Waals surface area (Å²) in [6, 6.07) is 8.22. The molecule has 2 aliphatic heterocycles. The number of ether oxygens (including phenoxy) is 1. The van der Waals surface area contributed by atoms with Crippen LogP contribution in [0.5, 0.6) is 5.75 Å². The first kappa shape index (κ1) is 18.1. The van der Waals surface area contributed by atoms with Gasteiger partial charge in [0.15, 0.2) is 0 Å². The van der Waals surface area contributed by atoms with E-state index in [0.29, 0.717) is 12.5 Å². The Morgan fingerprint density at radius 3 is 2.32 bits per heavy atom. The minimum Gasteiger partial charge on any atom is -0.497 e. The summed E-state index contributed by atoms with van der Waals surface area (Å²) in [5.74, 6) is 1.21. The van der Waals surface area contributed by atoms with Crippen molar-refractivity contribution in [2.75, 3.05) is 57.8 Å². The Morgan fingerprint density at radius 1 is 0.960 bits per heavy atom. The van der Waals surface area contributed by atoms with Crippen LogP contribution in [0.4, 0.5) is 5.69 Å². The van der Waals surface area contributed by atoms with Crippen molar-refractivity contribution >= 4 is 11.6 Å². The Balaban J connectivity index is 1.47. The van der Waals surface area contributed by atoms with Crippen LogP contribution < -0.4 is 9.64 Å². The number of hydrogen-bond acceptors (Lipinski definition) is 4. The van der Waals surface area contributed by atoms with Crippen LogP contribution in [0, 0.1) is 0 Å². The van der Waals surface area contributed by atoms with Gasteiger partial charge >= 0.3 is 0 Å². The van der Waals surface area contributed by atoms with Gasteiger partial charge in [0.1, 0.15) is 5.75 Å². The lowest BCUT2D eigenvalue weighted by atomic mass is 10.1. The molecule has 0 spiro atoms. The normalized spacial score (nSPS) is 20.0. The summed E-state index contributed by atoms with van der Waals surface area (Å²) in [6.07, 6.45) is 6.19. The molecule has 0 bridgehead atoms. The molecule has 0 atom stereocenters. The second-order valence-corrected chi connectivity index (χ2v) is 7.11. The van der Waals surface area contributed by atoms with Gasteiger partial charge in [-0.25, -0.2) is 0 Å². The van der Waals surface area contributed by atoms with E-state index in [2.05, 4.69) is 26.8 Å². The first-order chi connectivity index (χ1) is 12.3. The fraction of sp³-hybridized carbons (Fsp3) is 0.650. The Labute approximate surface area is 151 Å². The van der Waals surface area contributed by atoms with Gasteiger partial charge in [0.25, 0.3) is 0 Å². The van der Waals surface area contributed by atoms with Crippen molar-refractivity contribution in [2.24, 2.45) is 0 Å². The number of anilines is 1. The molecule has 3 rings (SSSR count). The van der Waals surface area contributed by atoms with Crippen molar-refractivity contribution < 1.29 is 9.53 Å².